The van der Waals surface area contributed by atoms with Gasteiger partial charge in [0, 0.05) is 18.5 Å². The quantitative estimate of drug-likeness (QED) is 0.852. The average molecular weight is 270 g/mol. The van der Waals surface area contributed by atoms with E-state index >= 15 is 0 Å². The monoisotopic (exact) mass is 270 g/mol. The Labute approximate surface area is 120 Å². The first-order valence-corrected chi connectivity index (χ1v) is 7.30. The van der Waals surface area contributed by atoms with Crippen molar-refractivity contribution in [3.63, 3.8) is 0 Å². The summed E-state index contributed by atoms with van der Waals surface area (Å²) in [6.07, 6.45) is 1.95. The maximum atomic E-state index is 12.4. The summed E-state index contributed by atoms with van der Waals surface area (Å²) in [6.45, 7) is 5.77. The maximum absolute atomic E-state index is 12.4. The molecule has 0 aliphatic rings. The van der Waals surface area contributed by atoms with Crippen LogP contribution >= 0.6 is 0 Å². The van der Waals surface area contributed by atoms with E-state index in [2.05, 4.69) is 31.3 Å². The molecule has 2 aromatic rings. The molecule has 0 radical (unpaired) electrons. The van der Waals surface area contributed by atoms with E-state index in [-0.39, 0.29) is 6.03 Å². The van der Waals surface area contributed by atoms with E-state index in [0.717, 1.165) is 42.4 Å². The second kappa shape index (κ2) is 6.94. The number of nitrogens with one attached hydrogen (secondary N) is 1. The summed E-state index contributed by atoms with van der Waals surface area (Å²) in [6, 6.07) is 14.1. The number of fused-ring (bicyclic) bond motifs is 1. The molecule has 20 heavy (non-hydrogen) atoms. The lowest BCUT2D eigenvalue weighted by molar-refractivity contribution is 0.211. The van der Waals surface area contributed by atoms with Crippen LogP contribution in [-0.4, -0.2) is 24.0 Å². The number of rotatable bonds is 5. The fraction of sp³-hybridized carbons (Fsp3) is 0.353. The topological polar surface area (TPSA) is 32.3 Å². The molecule has 1 N–H and O–H groups in total. The first-order chi connectivity index (χ1) is 9.76. The van der Waals surface area contributed by atoms with Crippen LogP contribution in [0.1, 0.15) is 26.7 Å². The molecule has 3 nitrogen and oxygen atoms in total. The normalized spacial score (nSPS) is 10.5. The molecule has 0 aliphatic carbocycles. The second-order valence-electron chi connectivity index (χ2n) is 4.94. The zero-order valence-electron chi connectivity index (χ0n) is 12.2. The maximum Gasteiger partial charge on any atom is 0.321 e. The lowest BCUT2D eigenvalue weighted by atomic mass is 10.1. The van der Waals surface area contributed by atoms with Crippen molar-refractivity contribution in [1.29, 1.82) is 0 Å². The third-order valence-corrected chi connectivity index (χ3v) is 3.31. The first kappa shape index (κ1) is 14.4. The Bertz CT molecular complexity index is 569. The van der Waals surface area contributed by atoms with Gasteiger partial charge in [-0.3, -0.25) is 0 Å². The molecule has 0 heterocycles. The first-order valence-electron chi connectivity index (χ1n) is 7.30. The van der Waals surface area contributed by atoms with Gasteiger partial charge in [0.1, 0.15) is 0 Å². The van der Waals surface area contributed by atoms with E-state index in [1.807, 2.05) is 35.2 Å². The molecule has 0 unspecified atom stereocenters. The van der Waals surface area contributed by atoms with Crippen molar-refractivity contribution in [3.05, 3.63) is 42.5 Å². The van der Waals surface area contributed by atoms with Gasteiger partial charge in [-0.05, 0) is 24.3 Å². The molecule has 0 aliphatic heterocycles. The predicted molar refractivity (Wildman–Crippen MR) is 85.1 cm³/mol. The van der Waals surface area contributed by atoms with Gasteiger partial charge < -0.3 is 10.2 Å². The molecule has 0 saturated heterocycles. The fourth-order valence-electron chi connectivity index (χ4n) is 2.38. The summed E-state index contributed by atoms with van der Waals surface area (Å²) < 4.78 is 0. The number of nitrogens with zero attached hydrogens (tertiary/aromatic N) is 1. The number of hydrogen-bond donors (Lipinski definition) is 1. The minimum Gasteiger partial charge on any atom is -0.325 e. The highest BCUT2D eigenvalue weighted by molar-refractivity contribution is 6.01. The summed E-state index contributed by atoms with van der Waals surface area (Å²) >= 11 is 0. The molecule has 0 fully saturated rings. The standard InChI is InChI=1S/C17H22N2O/c1-3-12-19(13-4-2)17(20)18-16-11-7-9-14-8-5-6-10-15(14)16/h5-11H,3-4,12-13H2,1-2H3,(H,18,20). The van der Waals surface area contributed by atoms with Gasteiger partial charge in [-0.1, -0.05) is 50.2 Å². The molecule has 3 heteroatoms. The average Bonchev–Trinajstić information content (AvgIpc) is 2.47. The van der Waals surface area contributed by atoms with Crippen molar-refractivity contribution in [2.24, 2.45) is 0 Å². The third kappa shape index (κ3) is 3.29. The number of anilines is 1. The van der Waals surface area contributed by atoms with Crippen molar-refractivity contribution < 1.29 is 4.79 Å². The summed E-state index contributed by atoms with van der Waals surface area (Å²) in [4.78, 5) is 14.2. The van der Waals surface area contributed by atoms with Crippen molar-refractivity contribution in [1.82, 2.24) is 4.90 Å². The van der Waals surface area contributed by atoms with Gasteiger partial charge in [-0.15, -0.1) is 0 Å². The van der Waals surface area contributed by atoms with Gasteiger partial charge in [0.2, 0.25) is 0 Å². The number of hydrogen-bond acceptors (Lipinski definition) is 1. The highest BCUT2D eigenvalue weighted by Crippen LogP contribution is 2.23. The van der Waals surface area contributed by atoms with Crippen molar-refractivity contribution >= 4 is 22.5 Å². The molecule has 2 rings (SSSR count). The Morgan fingerprint density at radius 1 is 1.00 bits per heavy atom. The number of urea groups is 1. The Balaban J connectivity index is 2.20. The highest BCUT2D eigenvalue weighted by atomic mass is 16.2. The third-order valence-electron chi connectivity index (χ3n) is 3.31. The van der Waals surface area contributed by atoms with Gasteiger partial charge in [0.25, 0.3) is 0 Å². The molecular formula is C17H22N2O. The van der Waals surface area contributed by atoms with Gasteiger partial charge in [-0.25, -0.2) is 4.79 Å². The van der Waals surface area contributed by atoms with Crippen molar-refractivity contribution in [2.45, 2.75) is 26.7 Å². The van der Waals surface area contributed by atoms with Crippen LogP contribution in [0.5, 0.6) is 0 Å². The minimum absolute atomic E-state index is 0.00921. The van der Waals surface area contributed by atoms with E-state index < -0.39 is 0 Å². The fourth-order valence-corrected chi connectivity index (χ4v) is 2.38. The minimum atomic E-state index is -0.00921. The predicted octanol–water partition coefficient (Wildman–Crippen LogP) is 4.49. The highest BCUT2D eigenvalue weighted by Gasteiger charge is 2.12. The van der Waals surface area contributed by atoms with Crippen LogP contribution in [0.4, 0.5) is 10.5 Å². The zero-order valence-corrected chi connectivity index (χ0v) is 12.2. The molecule has 2 aromatic carbocycles. The lowest BCUT2D eigenvalue weighted by Gasteiger charge is -2.22. The van der Waals surface area contributed by atoms with Crippen LogP contribution in [-0.2, 0) is 0 Å². The molecule has 2 amide bonds. The van der Waals surface area contributed by atoms with Gasteiger partial charge in [-0.2, -0.15) is 0 Å². The smallest absolute Gasteiger partial charge is 0.321 e. The lowest BCUT2D eigenvalue weighted by Crippen LogP contribution is -2.36. The number of carbonyl (C=O) groups is 1. The van der Waals surface area contributed by atoms with Crippen LogP contribution < -0.4 is 5.32 Å². The van der Waals surface area contributed by atoms with E-state index in [9.17, 15) is 4.79 Å². The molecule has 0 bridgehead atoms. The molecule has 0 aromatic heterocycles. The van der Waals surface area contributed by atoms with Crippen LogP contribution in [0.3, 0.4) is 0 Å². The Morgan fingerprint density at radius 3 is 2.35 bits per heavy atom. The van der Waals surface area contributed by atoms with Crippen LogP contribution in [0, 0.1) is 0 Å². The Kier molecular flexibility index (Phi) is 4.99. The van der Waals surface area contributed by atoms with Gasteiger partial charge >= 0.3 is 6.03 Å². The molecule has 0 spiro atoms. The van der Waals surface area contributed by atoms with Crippen LogP contribution in [0.15, 0.2) is 42.5 Å². The van der Waals surface area contributed by atoms with E-state index in [1.54, 1.807) is 0 Å². The zero-order chi connectivity index (χ0) is 14.4. The Morgan fingerprint density at radius 2 is 1.65 bits per heavy atom. The number of amides is 2. The molecular weight excluding hydrogens is 248 g/mol. The summed E-state index contributed by atoms with van der Waals surface area (Å²) in [7, 11) is 0. The van der Waals surface area contributed by atoms with Crippen LogP contribution in [0.25, 0.3) is 10.8 Å². The number of carbonyl (C=O) groups excluding carboxylic acids is 1. The molecule has 0 atom stereocenters. The molecule has 0 saturated carbocycles. The van der Waals surface area contributed by atoms with E-state index in [1.165, 1.54) is 0 Å². The van der Waals surface area contributed by atoms with E-state index in [0.29, 0.717) is 0 Å². The number of benzene rings is 2. The molecule has 106 valence electrons. The Hall–Kier alpha value is -2.03. The second-order valence-corrected chi connectivity index (χ2v) is 4.94. The van der Waals surface area contributed by atoms with Crippen molar-refractivity contribution in [3.8, 4) is 0 Å². The van der Waals surface area contributed by atoms with Crippen LogP contribution in [0.2, 0.25) is 0 Å². The largest absolute Gasteiger partial charge is 0.325 e. The van der Waals surface area contributed by atoms with Crippen molar-refractivity contribution in [2.75, 3.05) is 18.4 Å². The van der Waals surface area contributed by atoms with E-state index in [4.69, 9.17) is 0 Å². The SMILES string of the molecule is CCCN(CCC)C(=O)Nc1cccc2ccccc12. The summed E-state index contributed by atoms with van der Waals surface area (Å²) in [5.41, 5.74) is 0.880. The van der Waals surface area contributed by atoms with Gasteiger partial charge in [0.15, 0.2) is 0 Å². The summed E-state index contributed by atoms with van der Waals surface area (Å²) in [5.74, 6) is 0. The summed E-state index contributed by atoms with van der Waals surface area (Å²) in [5, 5.41) is 5.26. The van der Waals surface area contributed by atoms with Gasteiger partial charge in [0.05, 0.1) is 5.69 Å².